The van der Waals surface area contributed by atoms with Crippen LogP contribution in [0.2, 0.25) is 0 Å². The van der Waals surface area contributed by atoms with Gasteiger partial charge in [-0.15, -0.1) is 0 Å². The lowest BCUT2D eigenvalue weighted by atomic mass is 10.1. The zero-order chi connectivity index (χ0) is 26.0. The maximum atomic E-state index is 13.6. The van der Waals surface area contributed by atoms with Gasteiger partial charge in [-0.1, -0.05) is 35.9 Å². The van der Waals surface area contributed by atoms with Crippen LogP contribution in [-0.4, -0.2) is 35.5 Å². The first-order valence-corrected chi connectivity index (χ1v) is 14.4. The second kappa shape index (κ2) is 10.2. The van der Waals surface area contributed by atoms with Crippen molar-refractivity contribution in [2.24, 2.45) is 0 Å². The molecule has 0 aromatic heterocycles. The Morgan fingerprint density at radius 1 is 0.829 bits per heavy atom. The van der Waals surface area contributed by atoms with E-state index in [0.29, 0.717) is 11.3 Å². The first-order valence-electron chi connectivity index (χ1n) is 11.0. The first kappa shape index (κ1) is 26.4. The molecule has 0 aliphatic carbocycles. The standard InChI is InChI=1S/C26H30N2O5S2/c1-18-6-12-25(13-7-18)35(32,33)28(23-11-8-19(2)20(3)16-23)17-26(29)27-21(4)22-9-14-24(15-10-22)34(5,30)31/h6-16,21H,17H2,1-5H3,(H,27,29)/t21-/m1/s1. The largest absolute Gasteiger partial charge is 0.348 e. The lowest BCUT2D eigenvalue weighted by Gasteiger charge is -2.26. The molecule has 1 N–H and O–H groups in total. The average Bonchev–Trinajstić information content (AvgIpc) is 2.79. The Hall–Kier alpha value is -3.17. The number of nitrogens with zero attached hydrogens (tertiary/aromatic N) is 1. The molecule has 9 heteroatoms. The molecular weight excluding hydrogens is 484 g/mol. The molecule has 0 aliphatic rings. The van der Waals surface area contributed by atoms with Crippen molar-refractivity contribution in [2.45, 2.75) is 43.5 Å². The van der Waals surface area contributed by atoms with Crippen LogP contribution in [0, 0.1) is 20.8 Å². The van der Waals surface area contributed by atoms with Crippen LogP contribution in [0.4, 0.5) is 5.69 Å². The molecule has 0 aliphatic heterocycles. The number of rotatable bonds is 8. The monoisotopic (exact) mass is 514 g/mol. The fraction of sp³-hybridized carbons (Fsp3) is 0.269. The van der Waals surface area contributed by atoms with Gasteiger partial charge >= 0.3 is 0 Å². The van der Waals surface area contributed by atoms with Gasteiger partial charge in [-0.3, -0.25) is 9.10 Å². The molecule has 0 unspecified atom stereocenters. The summed E-state index contributed by atoms with van der Waals surface area (Å²) in [6, 6.07) is 17.5. The molecule has 0 saturated heterocycles. The van der Waals surface area contributed by atoms with Crippen molar-refractivity contribution < 1.29 is 21.6 Å². The summed E-state index contributed by atoms with van der Waals surface area (Å²) >= 11 is 0. The van der Waals surface area contributed by atoms with Gasteiger partial charge in [-0.25, -0.2) is 16.8 Å². The normalized spacial score (nSPS) is 12.7. The minimum Gasteiger partial charge on any atom is -0.348 e. The maximum absolute atomic E-state index is 13.6. The molecule has 0 fully saturated rings. The topological polar surface area (TPSA) is 101 Å². The van der Waals surface area contributed by atoms with Crippen molar-refractivity contribution in [1.29, 1.82) is 0 Å². The summed E-state index contributed by atoms with van der Waals surface area (Å²) in [4.78, 5) is 13.3. The summed E-state index contributed by atoms with van der Waals surface area (Å²) in [5.74, 6) is -0.487. The number of carbonyl (C=O) groups excluding carboxylic acids is 1. The van der Waals surface area contributed by atoms with E-state index in [2.05, 4.69) is 5.32 Å². The Labute approximate surface area is 207 Å². The SMILES string of the molecule is Cc1ccc(S(=O)(=O)N(CC(=O)N[C@H](C)c2ccc(S(C)(=O)=O)cc2)c2ccc(C)c(C)c2)cc1. The van der Waals surface area contributed by atoms with E-state index in [1.807, 2.05) is 26.8 Å². The van der Waals surface area contributed by atoms with Crippen molar-refractivity contribution in [3.05, 3.63) is 89.0 Å². The number of sulfone groups is 1. The number of hydrogen-bond donors (Lipinski definition) is 1. The van der Waals surface area contributed by atoms with Crippen LogP contribution in [0.1, 0.15) is 35.2 Å². The summed E-state index contributed by atoms with van der Waals surface area (Å²) in [6.45, 7) is 7.03. The zero-order valence-corrected chi connectivity index (χ0v) is 22.1. The van der Waals surface area contributed by atoms with E-state index in [1.165, 1.54) is 24.3 Å². The van der Waals surface area contributed by atoms with Crippen LogP contribution < -0.4 is 9.62 Å². The summed E-state index contributed by atoms with van der Waals surface area (Å²) < 4.78 is 51.6. The molecule has 3 aromatic carbocycles. The van der Waals surface area contributed by atoms with Crippen molar-refractivity contribution >= 4 is 31.5 Å². The molecule has 1 amide bonds. The summed E-state index contributed by atoms with van der Waals surface area (Å²) in [5.41, 5.74) is 3.94. The van der Waals surface area contributed by atoms with E-state index in [-0.39, 0.29) is 9.79 Å². The van der Waals surface area contributed by atoms with Crippen molar-refractivity contribution in [1.82, 2.24) is 5.32 Å². The minimum atomic E-state index is -4.01. The van der Waals surface area contributed by atoms with Gasteiger partial charge in [0.05, 0.1) is 21.5 Å². The van der Waals surface area contributed by atoms with Gasteiger partial charge in [0, 0.05) is 6.26 Å². The van der Waals surface area contributed by atoms with Gasteiger partial charge in [0.1, 0.15) is 6.54 Å². The van der Waals surface area contributed by atoms with Crippen LogP contribution in [-0.2, 0) is 24.7 Å². The maximum Gasteiger partial charge on any atom is 0.264 e. The van der Waals surface area contributed by atoms with E-state index >= 15 is 0 Å². The fourth-order valence-corrected chi connectivity index (χ4v) is 5.58. The molecule has 0 heterocycles. The highest BCUT2D eigenvalue weighted by atomic mass is 32.2. The van der Waals surface area contributed by atoms with Crippen LogP contribution in [0.15, 0.2) is 76.5 Å². The van der Waals surface area contributed by atoms with Crippen LogP contribution in [0.5, 0.6) is 0 Å². The third-order valence-electron chi connectivity index (χ3n) is 5.86. The van der Waals surface area contributed by atoms with Gasteiger partial charge in [-0.05, 0) is 80.8 Å². The second-order valence-electron chi connectivity index (χ2n) is 8.72. The lowest BCUT2D eigenvalue weighted by molar-refractivity contribution is -0.120. The fourth-order valence-electron chi connectivity index (χ4n) is 3.54. The predicted octanol–water partition coefficient (Wildman–Crippen LogP) is 4.09. The molecule has 7 nitrogen and oxygen atoms in total. The molecule has 0 saturated carbocycles. The Morgan fingerprint density at radius 2 is 1.40 bits per heavy atom. The van der Waals surface area contributed by atoms with Crippen molar-refractivity contribution in [2.75, 3.05) is 17.1 Å². The number of nitrogens with one attached hydrogen (secondary N) is 1. The Morgan fingerprint density at radius 3 is 1.94 bits per heavy atom. The summed E-state index contributed by atoms with van der Waals surface area (Å²) in [7, 11) is -7.34. The van der Waals surface area contributed by atoms with Gasteiger partial charge < -0.3 is 5.32 Å². The molecule has 35 heavy (non-hydrogen) atoms. The lowest BCUT2D eigenvalue weighted by Crippen LogP contribution is -2.41. The van der Waals surface area contributed by atoms with E-state index in [1.54, 1.807) is 43.3 Å². The molecular formula is C26H30N2O5S2. The third-order valence-corrected chi connectivity index (χ3v) is 8.78. The molecule has 1 atom stereocenters. The quantitative estimate of drug-likeness (QED) is 0.488. The highest BCUT2D eigenvalue weighted by molar-refractivity contribution is 7.93. The first-order chi connectivity index (χ1) is 16.3. The van der Waals surface area contributed by atoms with Crippen molar-refractivity contribution in [3.63, 3.8) is 0 Å². The highest BCUT2D eigenvalue weighted by Crippen LogP contribution is 2.26. The van der Waals surface area contributed by atoms with E-state index in [4.69, 9.17) is 0 Å². The average molecular weight is 515 g/mol. The molecule has 186 valence electrons. The predicted molar refractivity (Wildman–Crippen MR) is 138 cm³/mol. The van der Waals surface area contributed by atoms with Crippen molar-refractivity contribution in [3.8, 4) is 0 Å². The second-order valence-corrected chi connectivity index (χ2v) is 12.6. The van der Waals surface area contributed by atoms with Crippen LogP contribution >= 0.6 is 0 Å². The van der Waals surface area contributed by atoms with Crippen LogP contribution in [0.3, 0.4) is 0 Å². The van der Waals surface area contributed by atoms with E-state index in [0.717, 1.165) is 27.3 Å². The third kappa shape index (κ3) is 6.29. The van der Waals surface area contributed by atoms with E-state index < -0.39 is 38.4 Å². The smallest absolute Gasteiger partial charge is 0.264 e. The van der Waals surface area contributed by atoms with E-state index in [9.17, 15) is 21.6 Å². The minimum absolute atomic E-state index is 0.0959. The Bertz CT molecular complexity index is 1430. The summed E-state index contributed by atoms with van der Waals surface area (Å²) in [6.07, 6.45) is 1.13. The van der Waals surface area contributed by atoms with Crippen LogP contribution in [0.25, 0.3) is 0 Å². The molecule has 3 aromatic rings. The summed E-state index contributed by atoms with van der Waals surface area (Å²) in [5, 5.41) is 2.82. The number of aryl methyl sites for hydroxylation is 3. The molecule has 3 rings (SSSR count). The molecule has 0 spiro atoms. The number of hydrogen-bond acceptors (Lipinski definition) is 5. The zero-order valence-electron chi connectivity index (χ0n) is 20.4. The van der Waals surface area contributed by atoms with Gasteiger partial charge in [-0.2, -0.15) is 0 Å². The molecule has 0 radical (unpaired) electrons. The number of anilines is 1. The number of benzene rings is 3. The number of amides is 1. The Balaban J connectivity index is 1.89. The van der Waals surface area contributed by atoms with Gasteiger partial charge in [0.15, 0.2) is 9.84 Å². The number of sulfonamides is 1. The number of carbonyl (C=O) groups is 1. The highest BCUT2D eigenvalue weighted by Gasteiger charge is 2.28. The van der Waals surface area contributed by atoms with Gasteiger partial charge in [0.2, 0.25) is 5.91 Å². The Kier molecular flexibility index (Phi) is 7.71. The molecule has 0 bridgehead atoms. The van der Waals surface area contributed by atoms with Gasteiger partial charge in [0.25, 0.3) is 10.0 Å².